The molecule has 0 radical (unpaired) electrons. The van der Waals surface area contributed by atoms with Gasteiger partial charge >= 0.3 is 0 Å². The van der Waals surface area contributed by atoms with Crippen molar-refractivity contribution >= 4 is 14.1 Å². The fourth-order valence-corrected chi connectivity index (χ4v) is 5.90. The predicted molar refractivity (Wildman–Crippen MR) is 76.5 cm³/mol. The second kappa shape index (κ2) is 3.80. The molecule has 1 saturated carbocycles. The number of fused-ring (bicyclic) bond motifs is 4. The van der Waals surface area contributed by atoms with Crippen LogP contribution in [0.2, 0.25) is 19.6 Å². The van der Waals surface area contributed by atoms with Crippen molar-refractivity contribution in [1.29, 1.82) is 0 Å². The predicted octanol–water partition coefficient (Wildman–Crippen LogP) is 2.92. The first kappa shape index (κ1) is 13.5. The zero-order valence-corrected chi connectivity index (χ0v) is 13.5. The highest BCUT2D eigenvalue weighted by Gasteiger charge is 2.68. The minimum atomic E-state index is -1.73. The Bertz CT molecular complexity index is 453. The number of rotatable bonds is 2. The van der Waals surface area contributed by atoms with Gasteiger partial charge in [0.05, 0.1) is 17.8 Å². The Morgan fingerprint density at radius 3 is 2.63 bits per heavy atom. The minimum Gasteiger partial charge on any atom is -0.411 e. The van der Waals surface area contributed by atoms with E-state index in [1.165, 1.54) is 0 Å². The zero-order chi connectivity index (χ0) is 14.1. The third-order valence-electron chi connectivity index (χ3n) is 5.11. The first-order valence-corrected chi connectivity index (χ1v) is 10.6. The van der Waals surface area contributed by atoms with Gasteiger partial charge in [-0.25, -0.2) is 0 Å². The molecule has 0 aromatic carbocycles. The maximum absolute atomic E-state index is 12.2. The topological polar surface area (TPSA) is 35.5 Å². The van der Waals surface area contributed by atoms with Crippen LogP contribution in [0.3, 0.4) is 0 Å². The van der Waals surface area contributed by atoms with Crippen molar-refractivity contribution in [1.82, 2.24) is 0 Å². The van der Waals surface area contributed by atoms with Crippen LogP contribution in [0.25, 0.3) is 0 Å². The molecule has 2 bridgehead atoms. The van der Waals surface area contributed by atoms with Gasteiger partial charge in [-0.2, -0.15) is 0 Å². The van der Waals surface area contributed by atoms with Gasteiger partial charge in [0.1, 0.15) is 5.78 Å². The number of carbonyl (C=O) groups is 1. The van der Waals surface area contributed by atoms with Crippen molar-refractivity contribution in [3.8, 4) is 0 Å². The summed E-state index contributed by atoms with van der Waals surface area (Å²) in [5, 5.41) is 0. The molecular weight excluding hydrogens is 256 g/mol. The lowest BCUT2D eigenvalue weighted by Gasteiger charge is -2.56. The van der Waals surface area contributed by atoms with Gasteiger partial charge in [0.2, 0.25) is 0 Å². The molecule has 0 spiro atoms. The molecule has 0 aromatic heterocycles. The van der Waals surface area contributed by atoms with Gasteiger partial charge < -0.3 is 9.16 Å². The van der Waals surface area contributed by atoms with E-state index in [-0.39, 0.29) is 29.1 Å². The van der Waals surface area contributed by atoms with Crippen molar-refractivity contribution in [3.05, 3.63) is 12.2 Å². The second-order valence-electron chi connectivity index (χ2n) is 7.61. The second-order valence-corrected chi connectivity index (χ2v) is 12.0. The fourth-order valence-electron chi connectivity index (χ4n) is 4.31. The van der Waals surface area contributed by atoms with Crippen molar-refractivity contribution in [2.75, 3.05) is 0 Å². The van der Waals surface area contributed by atoms with Crippen LogP contribution in [0.4, 0.5) is 0 Å². The van der Waals surface area contributed by atoms with Gasteiger partial charge in [-0.05, 0) is 19.6 Å². The Morgan fingerprint density at radius 2 is 2.00 bits per heavy atom. The molecule has 0 amide bonds. The minimum absolute atomic E-state index is 0.0384. The van der Waals surface area contributed by atoms with Crippen LogP contribution < -0.4 is 0 Å². The summed E-state index contributed by atoms with van der Waals surface area (Å²) in [5.74, 6) is 0.572. The van der Waals surface area contributed by atoms with Gasteiger partial charge in [0.25, 0.3) is 0 Å². The average molecular weight is 280 g/mol. The van der Waals surface area contributed by atoms with Crippen LogP contribution in [-0.2, 0) is 14.0 Å². The normalized spacial score (nSPS) is 48.7. The summed E-state index contributed by atoms with van der Waals surface area (Å²) in [5.41, 5.74) is -0.529. The van der Waals surface area contributed by atoms with E-state index in [4.69, 9.17) is 9.16 Å². The molecule has 106 valence electrons. The Hall–Kier alpha value is -0.453. The number of Topliss-reactive ketones (excluding diaryl/α,β-unsaturated/α-hetero) is 1. The van der Waals surface area contributed by atoms with Crippen LogP contribution in [0.1, 0.15) is 26.7 Å². The van der Waals surface area contributed by atoms with Crippen LogP contribution in [0, 0.1) is 11.3 Å². The molecule has 2 fully saturated rings. The zero-order valence-electron chi connectivity index (χ0n) is 12.5. The summed E-state index contributed by atoms with van der Waals surface area (Å²) in [6.45, 7) is 11.0. The number of hydrogen-bond acceptors (Lipinski definition) is 3. The highest BCUT2D eigenvalue weighted by Crippen LogP contribution is 2.60. The van der Waals surface area contributed by atoms with E-state index in [2.05, 4.69) is 45.6 Å². The summed E-state index contributed by atoms with van der Waals surface area (Å²) >= 11 is 0. The van der Waals surface area contributed by atoms with Crippen LogP contribution >= 0.6 is 0 Å². The smallest absolute Gasteiger partial charge is 0.184 e. The molecule has 0 aromatic rings. The summed E-state index contributed by atoms with van der Waals surface area (Å²) < 4.78 is 12.7. The molecule has 3 aliphatic rings. The van der Waals surface area contributed by atoms with Gasteiger partial charge in [0, 0.05) is 24.2 Å². The highest BCUT2D eigenvalue weighted by molar-refractivity contribution is 6.69. The Kier molecular flexibility index (Phi) is 2.71. The lowest BCUT2D eigenvalue weighted by molar-refractivity contribution is -0.207. The third-order valence-corrected chi connectivity index (χ3v) is 6.09. The SMILES string of the molecule is C[C@@H]1[C@@H]2C=C[C@@H](O2)[C@@]2(C)CC(=O)C[C@@]12O[Si](C)(C)C. The molecule has 0 unspecified atom stereocenters. The number of ketones is 1. The molecular formula is C15H24O3Si. The first-order chi connectivity index (χ1) is 8.68. The molecule has 0 N–H and O–H groups in total. The van der Waals surface area contributed by atoms with Gasteiger partial charge in [0.15, 0.2) is 8.32 Å². The molecule has 3 nitrogen and oxygen atoms in total. The van der Waals surface area contributed by atoms with E-state index in [9.17, 15) is 4.79 Å². The van der Waals surface area contributed by atoms with E-state index in [1.54, 1.807) is 0 Å². The molecule has 1 aliphatic carbocycles. The summed E-state index contributed by atoms with van der Waals surface area (Å²) in [6.07, 6.45) is 5.61. The molecule has 4 heteroatoms. The van der Waals surface area contributed by atoms with Gasteiger partial charge in [-0.1, -0.05) is 26.0 Å². The Labute approximate surface area is 116 Å². The summed E-state index contributed by atoms with van der Waals surface area (Å²) in [4.78, 5) is 12.2. The van der Waals surface area contributed by atoms with Gasteiger partial charge in [-0.3, -0.25) is 4.79 Å². The molecule has 3 rings (SSSR count). The molecule has 19 heavy (non-hydrogen) atoms. The largest absolute Gasteiger partial charge is 0.411 e. The van der Waals surface area contributed by atoms with E-state index in [0.717, 1.165) is 0 Å². The monoisotopic (exact) mass is 280 g/mol. The van der Waals surface area contributed by atoms with Crippen molar-refractivity contribution in [3.63, 3.8) is 0 Å². The maximum Gasteiger partial charge on any atom is 0.184 e. The molecule has 2 heterocycles. The maximum atomic E-state index is 12.2. The van der Waals surface area contributed by atoms with Gasteiger partial charge in [-0.15, -0.1) is 0 Å². The quantitative estimate of drug-likeness (QED) is 0.576. The molecule has 1 saturated heterocycles. The highest BCUT2D eigenvalue weighted by atomic mass is 28.4. The average Bonchev–Trinajstić information content (AvgIpc) is 2.78. The molecule has 5 atom stereocenters. The number of carbonyl (C=O) groups excluding carboxylic acids is 1. The Balaban J connectivity index is 2.09. The first-order valence-electron chi connectivity index (χ1n) is 7.24. The third kappa shape index (κ3) is 1.73. The van der Waals surface area contributed by atoms with Crippen LogP contribution in [0.5, 0.6) is 0 Å². The van der Waals surface area contributed by atoms with E-state index < -0.39 is 8.32 Å². The fraction of sp³-hybridized carbons (Fsp3) is 0.800. The van der Waals surface area contributed by atoms with E-state index in [0.29, 0.717) is 18.6 Å². The standard InChI is InChI=1S/C15H24O3Si/c1-10-12-6-7-13(17-12)14(2)8-11(16)9-15(10,14)18-19(3,4)5/h6-7,10,12-13H,8-9H2,1-5H3/t10-,12+,13-,14-,15-/m1/s1. The van der Waals surface area contributed by atoms with Crippen LogP contribution in [0.15, 0.2) is 12.2 Å². The summed E-state index contributed by atoms with van der Waals surface area (Å²) in [7, 11) is -1.73. The van der Waals surface area contributed by atoms with E-state index in [1.807, 2.05) is 0 Å². The van der Waals surface area contributed by atoms with Crippen LogP contribution in [-0.4, -0.2) is 31.9 Å². The Morgan fingerprint density at radius 1 is 1.32 bits per heavy atom. The van der Waals surface area contributed by atoms with E-state index >= 15 is 0 Å². The lowest BCUT2D eigenvalue weighted by Crippen LogP contribution is -2.63. The lowest BCUT2D eigenvalue weighted by atomic mass is 9.64. The van der Waals surface area contributed by atoms with Crippen molar-refractivity contribution in [2.24, 2.45) is 11.3 Å². The van der Waals surface area contributed by atoms with Crippen molar-refractivity contribution in [2.45, 2.75) is 64.1 Å². The number of hydrogen-bond donors (Lipinski definition) is 0. The summed E-state index contributed by atoms with van der Waals surface area (Å²) in [6, 6.07) is 0. The number of ether oxygens (including phenoxy) is 1. The molecule has 2 aliphatic heterocycles. The van der Waals surface area contributed by atoms with Crippen molar-refractivity contribution < 1.29 is 14.0 Å².